The van der Waals surface area contributed by atoms with Crippen molar-refractivity contribution in [3.05, 3.63) is 70.9 Å². The summed E-state index contributed by atoms with van der Waals surface area (Å²) >= 11 is 0. The van der Waals surface area contributed by atoms with E-state index >= 15 is 0 Å². The van der Waals surface area contributed by atoms with Gasteiger partial charge in [0.05, 0.1) is 12.3 Å². The Balaban J connectivity index is 1.60. The van der Waals surface area contributed by atoms with Gasteiger partial charge in [-0.1, -0.05) is 49.4 Å². The molecule has 3 aromatic rings. The molecule has 0 spiro atoms. The Morgan fingerprint density at radius 1 is 1.15 bits per heavy atom. The first-order valence-corrected chi connectivity index (χ1v) is 9.24. The third-order valence-corrected chi connectivity index (χ3v) is 5.46. The molecule has 1 amide bonds. The fraction of sp³-hybridized carbons (Fsp3) is 0.273. The maximum Gasteiger partial charge on any atom is 0.312 e. The van der Waals surface area contributed by atoms with Crippen LogP contribution in [0.5, 0.6) is 0 Å². The number of nitrogens with zero attached hydrogens (tertiary/aromatic N) is 1. The van der Waals surface area contributed by atoms with E-state index in [-0.39, 0.29) is 18.9 Å². The van der Waals surface area contributed by atoms with Gasteiger partial charge in [0.2, 0.25) is 5.91 Å². The van der Waals surface area contributed by atoms with Gasteiger partial charge >= 0.3 is 5.97 Å². The molecular formula is C22H22N2O3. The third kappa shape index (κ3) is 3.10. The molecule has 138 valence electrons. The minimum absolute atomic E-state index is 0.0430. The molecule has 0 radical (unpaired) electrons. The molecule has 0 saturated heterocycles. The summed E-state index contributed by atoms with van der Waals surface area (Å²) in [6.45, 7) is 2.78. The van der Waals surface area contributed by atoms with Gasteiger partial charge in [-0.15, -0.1) is 0 Å². The lowest BCUT2D eigenvalue weighted by Crippen LogP contribution is -2.41. The zero-order valence-electron chi connectivity index (χ0n) is 15.2. The molecule has 0 saturated carbocycles. The summed E-state index contributed by atoms with van der Waals surface area (Å²) in [4.78, 5) is 29.6. The first-order chi connectivity index (χ1) is 13.1. The lowest BCUT2D eigenvalue weighted by atomic mass is 9.89. The number of carbonyl (C=O) groups excluding carboxylic acids is 1. The highest BCUT2D eigenvalue weighted by atomic mass is 16.4. The van der Waals surface area contributed by atoms with Crippen LogP contribution in [0.1, 0.15) is 35.1 Å². The van der Waals surface area contributed by atoms with Crippen LogP contribution in [0.3, 0.4) is 0 Å². The van der Waals surface area contributed by atoms with Crippen molar-refractivity contribution in [3.8, 4) is 0 Å². The average molecular weight is 362 g/mol. The summed E-state index contributed by atoms with van der Waals surface area (Å²) in [5.41, 5.74) is 4.99. The van der Waals surface area contributed by atoms with Crippen LogP contribution in [-0.4, -0.2) is 33.4 Å². The number of aryl methyl sites for hydroxylation is 1. The fourth-order valence-corrected chi connectivity index (χ4v) is 4.00. The number of aliphatic carboxylic acids is 1. The minimum atomic E-state index is -0.889. The van der Waals surface area contributed by atoms with Gasteiger partial charge in [-0.3, -0.25) is 9.59 Å². The Bertz CT molecular complexity index is 1020. The molecule has 4 rings (SSSR count). The number of amides is 1. The van der Waals surface area contributed by atoms with E-state index in [9.17, 15) is 14.7 Å². The zero-order valence-corrected chi connectivity index (χ0v) is 15.2. The highest BCUT2D eigenvalue weighted by Gasteiger charge is 2.32. The number of aromatic nitrogens is 1. The van der Waals surface area contributed by atoms with Crippen molar-refractivity contribution >= 4 is 22.8 Å². The summed E-state index contributed by atoms with van der Waals surface area (Å²) in [6, 6.07) is 13.6. The van der Waals surface area contributed by atoms with Crippen molar-refractivity contribution in [2.75, 3.05) is 6.54 Å². The number of fused-ring (bicyclic) bond motifs is 2. The van der Waals surface area contributed by atoms with Crippen molar-refractivity contribution in [1.82, 2.24) is 9.88 Å². The number of carboxylic acids is 1. The van der Waals surface area contributed by atoms with Crippen LogP contribution in [0, 0.1) is 0 Å². The van der Waals surface area contributed by atoms with Gasteiger partial charge in [-0.25, -0.2) is 0 Å². The quantitative estimate of drug-likeness (QED) is 0.746. The first kappa shape index (κ1) is 17.3. The van der Waals surface area contributed by atoms with Crippen LogP contribution >= 0.6 is 0 Å². The SMILES string of the molecule is CCc1cccc2c(CC(=O)N3Cc4ccccc4C(C(=O)O)C3)c[nH]c12. The van der Waals surface area contributed by atoms with Crippen LogP contribution in [0.25, 0.3) is 10.9 Å². The number of nitrogens with one attached hydrogen (secondary N) is 1. The van der Waals surface area contributed by atoms with Crippen molar-refractivity contribution < 1.29 is 14.7 Å². The molecule has 1 unspecified atom stereocenters. The number of para-hydroxylation sites is 1. The molecule has 1 aliphatic heterocycles. The average Bonchev–Trinajstić information content (AvgIpc) is 3.09. The molecule has 1 aliphatic rings. The van der Waals surface area contributed by atoms with E-state index < -0.39 is 11.9 Å². The van der Waals surface area contributed by atoms with E-state index in [1.807, 2.05) is 42.6 Å². The summed E-state index contributed by atoms with van der Waals surface area (Å²) in [5.74, 6) is -1.60. The van der Waals surface area contributed by atoms with E-state index in [0.717, 1.165) is 34.0 Å². The molecule has 27 heavy (non-hydrogen) atoms. The standard InChI is InChI=1S/C22H22N2O3/c1-2-14-7-5-9-18-16(11-23-21(14)18)10-20(25)24-12-15-6-3-4-8-17(15)19(13-24)22(26)27/h3-9,11,19,23H,2,10,12-13H2,1H3,(H,26,27). The van der Waals surface area contributed by atoms with E-state index in [4.69, 9.17) is 0 Å². The normalized spacial score (nSPS) is 16.3. The Hall–Kier alpha value is -3.08. The van der Waals surface area contributed by atoms with E-state index in [1.165, 1.54) is 5.56 Å². The predicted molar refractivity (Wildman–Crippen MR) is 104 cm³/mol. The van der Waals surface area contributed by atoms with Crippen LogP contribution in [0.2, 0.25) is 0 Å². The van der Waals surface area contributed by atoms with Gasteiger partial charge in [0.1, 0.15) is 0 Å². The van der Waals surface area contributed by atoms with Crippen molar-refractivity contribution in [3.63, 3.8) is 0 Å². The predicted octanol–water partition coefficient (Wildman–Crippen LogP) is 3.48. The number of benzene rings is 2. The molecule has 5 heteroatoms. The molecule has 5 nitrogen and oxygen atoms in total. The molecule has 2 heterocycles. The van der Waals surface area contributed by atoms with E-state index in [0.29, 0.717) is 6.54 Å². The van der Waals surface area contributed by atoms with Crippen molar-refractivity contribution in [1.29, 1.82) is 0 Å². The molecule has 0 bridgehead atoms. The van der Waals surface area contributed by atoms with Crippen molar-refractivity contribution in [2.45, 2.75) is 32.2 Å². The molecule has 0 fully saturated rings. The summed E-state index contributed by atoms with van der Waals surface area (Å²) < 4.78 is 0. The summed E-state index contributed by atoms with van der Waals surface area (Å²) in [7, 11) is 0. The highest BCUT2D eigenvalue weighted by Crippen LogP contribution is 2.29. The number of carboxylic acid groups (broad SMARTS) is 1. The lowest BCUT2D eigenvalue weighted by molar-refractivity contribution is -0.141. The second-order valence-corrected chi connectivity index (χ2v) is 7.05. The van der Waals surface area contributed by atoms with Gasteiger partial charge in [-0.05, 0) is 28.7 Å². The lowest BCUT2D eigenvalue weighted by Gasteiger charge is -2.32. The fourth-order valence-electron chi connectivity index (χ4n) is 4.00. The monoisotopic (exact) mass is 362 g/mol. The van der Waals surface area contributed by atoms with Gasteiger partial charge in [-0.2, -0.15) is 0 Å². The molecule has 2 N–H and O–H groups in total. The van der Waals surface area contributed by atoms with E-state index in [2.05, 4.69) is 18.0 Å². The van der Waals surface area contributed by atoms with E-state index in [1.54, 1.807) is 4.90 Å². The maximum absolute atomic E-state index is 13.0. The van der Waals surface area contributed by atoms with Gasteiger partial charge in [0.15, 0.2) is 0 Å². The largest absolute Gasteiger partial charge is 0.481 e. The van der Waals surface area contributed by atoms with Crippen molar-refractivity contribution in [2.24, 2.45) is 0 Å². The van der Waals surface area contributed by atoms with Crippen LogP contribution in [0.15, 0.2) is 48.7 Å². The summed E-state index contributed by atoms with van der Waals surface area (Å²) in [6.07, 6.45) is 3.09. The van der Waals surface area contributed by atoms with Crippen LogP contribution < -0.4 is 0 Å². The van der Waals surface area contributed by atoms with Gasteiger partial charge < -0.3 is 15.0 Å². The smallest absolute Gasteiger partial charge is 0.312 e. The number of rotatable bonds is 4. The molecule has 1 aromatic heterocycles. The number of hydrogen-bond acceptors (Lipinski definition) is 2. The maximum atomic E-state index is 13.0. The Morgan fingerprint density at radius 2 is 1.96 bits per heavy atom. The Morgan fingerprint density at radius 3 is 2.74 bits per heavy atom. The number of carbonyl (C=O) groups is 2. The number of hydrogen-bond donors (Lipinski definition) is 2. The zero-order chi connectivity index (χ0) is 19.0. The minimum Gasteiger partial charge on any atom is -0.481 e. The first-order valence-electron chi connectivity index (χ1n) is 9.24. The second-order valence-electron chi connectivity index (χ2n) is 7.05. The van der Waals surface area contributed by atoms with Gasteiger partial charge in [0.25, 0.3) is 0 Å². The molecule has 0 aliphatic carbocycles. The molecule has 1 atom stereocenters. The Labute approximate surface area is 157 Å². The topological polar surface area (TPSA) is 73.4 Å². The summed E-state index contributed by atoms with van der Waals surface area (Å²) in [5, 5.41) is 10.7. The molecule has 2 aromatic carbocycles. The number of aromatic amines is 1. The second kappa shape index (κ2) is 6.91. The van der Waals surface area contributed by atoms with Crippen LogP contribution in [0.4, 0.5) is 0 Å². The molecular weight excluding hydrogens is 340 g/mol. The van der Waals surface area contributed by atoms with Gasteiger partial charge in [0, 0.05) is 30.2 Å². The highest BCUT2D eigenvalue weighted by molar-refractivity contribution is 5.91. The number of H-pyrrole nitrogens is 1. The third-order valence-electron chi connectivity index (χ3n) is 5.46. The van der Waals surface area contributed by atoms with Crippen LogP contribution in [-0.2, 0) is 29.0 Å². The Kier molecular flexibility index (Phi) is 4.44.